The van der Waals surface area contributed by atoms with E-state index in [2.05, 4.69) is 9.97 Å². The van der Waals surface area contributed by atoms with Crippen molar-refractivity contribution in [3.8, 4) is 0 Å². The number of aromatic nitrogens is 2. The molecule has 1 aromatic heterocycles. The van der Waals surface area contributed by atoms with Gasteiger partial charge in [-0.3, -0.25) is 4.90 Å². The van der Waals surface area contributed by atoms with Crippen LogP contribution in [0.2, 0.25) is 5.02 Å². The largest absolute Gasteiger partial charge is 0.325 e. The number of anilines is 1. The smallest absolute Gasteiger partial charge is 0.230 e. The maximum absolute atomic E-state index is 14.1. The van der Waals surface area contributed by atoms with E-state index in [9.17, 15) is 4.39 Å². The highest BCUT2D eigenvalue weighted by atomic mass is 35.5. The van der Waals surface area contributed by atoms with Crippen molar-refractivity contribution in [2.45, 2.75) is 11.9 Å². The topological polar surface area (TPSA) is 55.0 Å². The molecule has 108 valence electrons. The minimum absolute atomic E-state index is 0.325. The van der Waals surface area contributed by atoms with Crippen molar-refractivity contribution < 1.29 is 4.39 Å². The van der Waals surface area contributed by atoms with Gasteiger partial charge in [-0.05, 0) is 23.6 Å². The average Bonchev–Trinajstić information content (AvgIpc) is 2.96. The zero-order valence-corrected chi connectivity index (χ0v) is 12.5. The number of nitrogens with zero attached hydrogens (tertiary/aromatic N) is 3. The molecule has 21 heavy (non-hydrogen) atoms. The number of hydrogen-bond acceptors (Lipinski definition) is 5. The normalized spacial score (nSPS) is 17.5. The van der Waals surface area contributed by atoms with E-state index in [4.69, 9.17) is 17.3 Å². The van der Waals surface area contributed by atoms with Gasteiger partial charge in [0.15, 0.2) is 0 Å². The summed E-state index contributed by atoms with van der Waals surface area (Å²) in [6.07, 6.45) is 3.45. The highest BCUT2D eigenvalue weighted by Gasteiger charge is 2.29. The first-order valence-electron chi connectivity index (χ1n) is 6.27. The second-order valence-electron chi connectivity index (χ2n) is 4.37. The lowest BCUT2D eigenvalue weighted by Crippen LogP contribution is -2.21. The fraction of sp³-hybridized carbons (Fsp3) is 0.143. The molecule has 1 aromatic carbocycles. The Morgan fingerprint density at radius 1 is 1.38 bits per heavy atom. The molecule has 0 bridgehead atoms. The standard InChI is InChI=1S/C14H12ClFN4S/c15-10-2-1-3-11(16)12(10)13-20(6-7-21-13)14-18-5-4-9(8-17)19-14/h1-7,13H,8,17H2. The summed E-state index contributed by atoms with van der Waals surface area (Å²) in [5.41, 5.74) is 6.75. The Balaban J connectivity index is 2.00. The van der Waals surface area contributed by atoms with E-state index >= 15 is 0 Å². The van der Waals surface area contributed by atoms with Crippen LogP contribution in [0.1, 0.15) is 16.6 Å². The minimum atomic E-state index is -0.344. The number of benzene rings is 1. The fourth-order valence-corrected chi connectivity index (χ4v) is 3.42. The molecule has 2 N–H and O–H groups in total. The fourth-order valence-electron chi connectivity index (χ4n) is 2.07. The molecule has 2 heterocycles. The number of hydrogen-bond donors (Lipinski definition) is 1. The van der Waals surface area contributed by atoms with Crippen molar-refractivity contribution in [1.82, 2.24) is 9.97 Å². The molecule has 0 saturated heterocycles. The molecule has 1 unspecified atom stereocenters. The molecule has 0 spiro atoms. The Bertz CT molecular complexity index is 674. The molecule has 1 aliphatic rings. The first-order valence-corrected chi connectivity index (χ1v) is 7.59. The van der Waals surface area contributed by atoms with Gasteiger partial charge in [-0.15, -0.1) is 11.8 Å². The number of nitrogens with two attached hydrogens (primary N) is 1. The summed E-state index contributed by atoms with van der Waals surface area (Å²) in [4.78, 5) is 10.4. The Morgan fingerprint density at radius 2 is 2.24 bits per heavy atom. The van der Waals surface area contributed by atoms with E-state index in [-0.39, 0.29) is 11.2 Å². The van der Waals surface area contributed by atoms with Crippen molar-refractivity contribution in [3.05, 3.63) is 64.2 Å². The molecule has 1 atom stereocenters. The lowest BCUT2D eigenvalue weighted by atomic mass is 10.2. The van der Waals surface area contributed by atoms with Crippen LogP contribution in [0.5, 0.6) is 0 Å². The van der Waals surface area contributed by atoms with Gasteiger partial charge in [0.2, 0.25) is 5.95 Å². The molecule has 1 aliphatic heterocycles. The Kier molecular flexibility index (Phi) is 4.10. The summed E-state index contributed by atoms with van der Waals surface area (Å²) in [6, 6.07) is 6.41. The van der Waals surface area contributed by atoms with E-state index in [0.29, 0.717) is 23.1 Å². The van der Waals surface area contributed by atoms with Gasteiger partial charge in [0.05, 0.1) is 5.69 Å². The minimum Gasteiger partial charge on any atom is -0.325 e. The summed E-state index contributed by atoms with van der Waals surface area (Å²) in [6.45, 7) is 0.325. The van der Waals surface area contributed by atoms with Crippen LogP contribution in [0.3, 0.4) is 0 Å². The summed E-state index contributed by atoms with van der Waals surface area (Å²) in [5, 5.41) is 1.93. The Labute approximate surface area is 130 Å². The van der Waals surface area contributed by atoms with E-state index < -0.39 is 0 Å². The van der Waals surface area contributed by atoms with Gasteiger partial charge in [0, 0.05) is 29.5 Å². The molecule has 2 aromatic rings. The van der Waals surface area contributed by atoms with E-state index in [0.717, 1.165) is 5.69 Å². The summed E-state index contributed by atoms with van der Waals surface area (Å²) < 4.78 is 14.1. The van der Waals surface area contributed by atoms with Crippen molar-refractivity contribution in [1.29, 1.82) is 0 Å². The van der Waals surface area contributed by atoms with Crippen LogP contribution in [0.25, 0.3) is 0 Å². The molecule has 3 rings (SSSR count). The molecule has 0 aliphatic carbocycles. The lowest BCUT2D eigenvalue weighted by Gasteiger charge is -2.24. The third-order valence-corrected chi connectivity index (χ3v) is 4.40. The van der Waals surface area contributed by atoms with Gasteiger partial charge in [-0.2, -0.15) is 0 Å². The quantitative estimate of drug-likeness (QED) is 0.938. The van der Waals surface area contributed by atoms with E-state index in [1.54, 1.807) is 29.3 Å². The molecule has 0 saturated carbocycles. The van der Waals surface area contributed by atoms with Gasteiger partial charge in [0.1, 0.15) is 11.2 Å². The van der Waals surface area contributed by atoms with Crippen molar-refractivity contribution in [3.63, 3.8) is 0 Å². The van der Waals surface area contributed by atoms with Crippen molar-refractivity contribution >= 4 is 29.3 Å². The number of halogens is 2. The van der Waals surface area contributed by atoms with Crippen LogP contribution in [-0.2, 0) is 6.54 Å². The van der Waals surface area contributed by atoms with Gasteiger partial charge >= 0.3 is 0 Å². The summed E-state index contributed by atoms with van der Waals surface area (Å²) >= 11 is 7.60. The predicted molar refractivity (Wildman–Crippen MR) is 83.3 cm³/mol. The molecule has 0 radical (unpaired) electrons. The molecular formula is C14H12ClFN4S. The monoisotopic (exact) mass is 322 g/mol. The van der Waals surface area contributed by atoms with Gasteiger partial charge in [-0.1, -0.05) is 17.7 Å². The van der Waals surface area contributed by atoms with Crippen molar-refractivity contribution in [2.75, 3.05) is 4.90 Å². The van der Waals surface area contributed by atoms with Gasteiger partial charge in [-0.25, -0.2) is 14.4 Å². The van der Waals surface area contributed by atoms with Gasteiger partial charge in [0.25, 0.3) is 0 Å². The maximum Gasteiger partial charge on any atom is 0.230 e. The third-order valence-electron chi connectivity index (χ3n) is 3.07. The first-order chi connectivity index (χ1) is 10.2. The second kappa shape index (κ2) is 6.01. The molecule has 0 fully saturated rings. The van der Waals surface area contributed by atoms with E-state index in [1.165, 1.54) is 17.8 Å². The second-order valence-corrected chi connectivity index (χ2v) is 5.77. The van der Waals surface area contributed by atoms with Crippen LogP contribution in [0.15, 0.2) is 42.1 Å². The van der Waals surface area contributed by atoms with Crippen LogP contribution in [0.4, 0.5) is 10.3 Å². The zero-order chi connectivity index (χ0) is 14.8. The van der Waals surface area contributed by atoms with Gasteiger partial charge < -0.3 is 5.73 Å². The summed E-state index contributed by atoms with van der Waals surface area (Å²) in [5.74, 6) is 0.132. The number of rotatable bonds is 3. The first kappa shape index (κ1) is 14.3. The van der Waals surface area contributed by atoms with Crippen LogP contribution >= 0.6 is 23.4 Å². The molecule has 0 amide bonds. The van der Waals surface area contributed by atoms with Crippen LogP contribution < -0.4 is 10.6 Å². The lowest BCUT2D eigenvalue weighted by molar-refractivity contribution is 0.607. The Morgan fingerprint density at radius 3 is 3.00 bits per heavy atom. The zero-order valence-electron chi connectivity index (χ0n) is 10.9. The summed E-state index contributed by atoms with van der Waals surface area (Å²) in [7, 11) is 0. The predicted octanol–water partition coefficient (Wildman–Crippen LogP) is 3.45. The van der Waals surface area contributed by atoms with Crippen LogP contribution in [0, 0.1) is 5.82 Å². The average molecular weight is 323 g/mol. The highest BCUT2D eigenvalue weighted by molar-refractivity contribution is 8.02. The highest BCUT2D eigenvalue weighted by Crippen LogP contribution is 2.44. The number of thioether (sulfide) groups is 1. The Hall–Kier alpha value is -1.63. The van der Waals surface area contributed by atoms with Crippen LogP contribution in [-0.4, -0.2) is 9.97 Å². The van der Waals surface area contributed by atoms with E-state index in [1.807, 2.05) is 11.6 Å². The van der Waals surface area contributed by atoms with Crippen molar-refractivity contribution in [2.24, 2.45) is 5.73 Å². The SMILES string of the molecule is NCc1ccnc(N2C=CSC2c2c(F)cccc2Cl)n1. The molecule has 7 heteroatoms. The molecular weight excluding hydrogens is 311 g/mol. The third kappa shape index (κ3) is 2.74. The molecule has 4 nitrogen and oxygen atoms in total. The maximum atomic E-state index is 14.1.